The molecule has 0 aliphatic heterocycles. The number of aromatic amines is 1. The van der Waals surface area contributed by atoms with Crippen molar-refractivity contribution < 1.29 is 4.74 Å². The van der Waals surface area contributed by atoms with Crippen molar-refractivity contribution in [1.29, 1.82) is 0 Å². The number of hydrogen-bond donors (Lipinski definition) is 2. The smallest absolute Gasteiger partial charge is 0.259 e. The Balaban J connectivity index is 1.79. The van der Waals surface area contributed by atoms with Crippen LogP contribution in [0.25, 0.3) is 10.2 Å². The average Bonchev–Trinajstić information content (AvgIpc) is 2.90. The Morgan fingerprint density at radius 2 is 2.40 bits per heavy atom. The van der Waals surface area contributed by atoms with Gasteiger partial charge < -0.3 is 15.5 Å². The van der Waals surface area contributed by atoms with Crippen molar-refractivity contribution in [3.05, 3.63) is 26.6 Å². The van der Waals surface area contributed by atoms with Crippen molar-refractivity contribution in [2.75, 3.05) is 13.7 Å². The average molecular weight is 381 g/mol. The van der Waals surface area contributed by atoms with Crippen molar-refractivity contribution in [2.45, 2.75) is 44.9 Å². The van der Waals surface area contributed by atoms with E-state index in [0.29, 0.717) is 29.3 Å². The fourth-order valence-corrected chi connectivity index (χ4v) is 5.22. The van der Waals surface area contributed by atoms with E-state index in [2.05, 4.69) is 21.9 Å². The number of nitrogens with zero attached hydrogens (tertiary/aromatic N) is 2. The van der Waals surface area contributed by atoms with Crippen molar-refractivity contribution >= 4 is 38.5 Å². The lowest BCUT2D eigenvalue weighted by Gasteiger charge is -2.17. The zero-order chi connectivity index (χ0) is 18.0. The number of aromatic nitrogens is 2. The highest BCUT2D eigenvalue weighted by Crippen LogP contribution is 2.35. The summed E-state index contributed by atoms with van der Waals surface area (Å²) < 4.78 is 5.05. The van der Waals surface area contributed by atoms with E-state index in [9.17, 15) is 4.79 Å². The predicted molar refractivity (Wildman–Crippen MR) is 106 cm³/mol. The molecule has 0 saturated heterocycles. The molecule has 2 aromatic rings. The molecule has 0 saturated carbocycles. The largest absolute Gasteiger partial charge is 0.382 e. The molecule has 3 rings (SSSR count). The van der Waals surface area contributed by atoms with Crippen LogP contribution >= 0.6 is 23.1 Å². The Labute approximate surface area is 155 Å². The number of fused-ring (bicyclic) bond motifs is 3. The summed E-state index contributed by atoms with van der Waals surface area (Å²) >= 11 is 3.05. The number of H-pyrrole nitrogens is 1. The molecule has 0 spiro atoms. The highest BCUT2D eigenvalue weighted by molar-refractivity contribution is 8.13. The Kier molecular flexibility index (Phi) is 5.81. The van der Waals surface area contributed by atoms with E-state index in [-0.39, 0.29) is 11.6 Å². The standard InChI is InChI=1S/C17H24N4O2S2/c1-9-4-5-11-12(6-9)25-16-14(11)15(22)20-13(21-16)8-24-17(18)19-10(2)7-23-3/h9-10H,4-8H2,1-3H3,(H2,18,19)(H,20,21,22)/t9-,10-/m1/s1. The van der Waals surface area contributed by atoms with E-state index in [4.69, 9.17) is 10.5 Å². The SMILES string of the molecule is COC[C@@H](C)N=C(N)SCc1nc2sc3c(c2c(=O)[nH]1)CC[C@@H](C)C3. The van der Waals surface area contributed by atoms with Gasteiger partial charge in [-0.25, -0.2) is 4.98 Å². The van der Waals surface area contributed by atoms with E-state index in [1.54, 1.807) is 18.4 Å². The second kappa shape index (κ2) is 7.88. The van der Waals surface area contributed by atoms with E-state index < -0.39 is 0 Å². The third-order valence-electron chi connectivity index (χ3n) is 4.33. The molecular formula is C17H24N4O2S2. The summed E-state index contributed by atoms with van der Waals surface area (Å²) in [7, 11) is 1.64. The van der Waals surface area contributed by atoms with Gasteiger partial charge in [0, 0.05) is 12.0 Å². The van der Waals surface area contributed by atoms with Gasteiger partial charge in [-0.1, -0.05) is 18.7 Å². The van der Waals surface area contributed by atoms with Gasteiger partial charge in [0.15, 0.2) is 5.17 Å². The second-order valence-corrected chi connectivity index (χ2v) is 8.68. The van der Waals surface area contributed by atoms with Crippen LogP contribution in [-0.2, 0) is 23.3 Å². The van der Waals surface area contributed by atoms with Crippen LogP contribution in [0.5, 0.6) is 0 Å². The van der Waals surface area contributed by atoms with Gasteiger partial charge in [0.1, 0.15) is 10.7 Å². The number of hydrogen-bond acceptors (Lipinski definition) is 6. The quantitative estimate of drug-likeness (QED) is 0.614. The molecule has 1 aliphatic rings. The molecule has 2 aromatic heterocycles. The topological polar surface area (TPSA) is 93.4 Å². The van der Waals surface area contributed by atoms with E-state index in [1.807, 2.05) is 6.92 Å². The molecule has 1 aliphatic carbocycles. The summed E-state index contributed by atoms with van der Waals surface area (Å²) in [5.74, 6) is 1.82. The highest BCUT2D eigenvalue weighted by Gasteiger charge is 2.23. The van der Waals surface area contributed by atoms with Crippen molar-refractivity contribution in [1.82, 2.24) is 9.97 Å². The number of amidine groups is 1. The predicted octanol–water partition coefficient (Wildman–Crippen LogP) is 2.69. The summed E-state index contributed by atoms with van der Waals surface area (Å²) in [6, 6.07) is 0.0120. The molecule has 0 aromatic carbocycles. The number of thioether (sulfide) groups is 1. The summed E-state index contributed by atoms with van der Waals surface area (Å²) in [4.78, 5) is 26.6. The van der Waals surface area contributed by atoms with Crippen LogP contribution < -0.4 is 11.3 Å². The van der Waals surface area contributed by atoms with Crippen LogP contribution in [0.3, 0.4) is 0 Å². The van der Waals surface area contributed by atoms with E-state index in [0.717, 1.165) is 29.5 Å². The normalized spacial score (nSPS) is 19.2. The molecular weight excluding hydrogens is 356 g/mol. The number of rotatable bonds is 5. The van der Waals surface area contributed by atoms with Gasteiger partial charge in [-0.3, -0.25) is 9.79 Å². The van der Waals surface area contributed by atoms with Gasteiger partial charge >= 0.3 is 0 Å². The number of ether oxygens (including phenoxy) is 1. The molecule has 0 unspecified atom stereocenters. The van der Waals surface area contributed by atoms with Gasteiger partial charge in [0.05, 0.1) is 23.8 Å². The minimum atomic E-state index is -0.0316. The Bertz CT molecular complexity index is 843. The summed E-state index contributed by atoms with van der Waals surface area (Å²) in [6.45, 7) is 4.74. The first-order chi connectivity index (χ1) is 12.0. The van der Waals surface area contributed by atoms with Crippen LogP contribution in [0.2, 0.25) is 0 Å². The van der Waals surface area contributed by atoms with Gasteiger partial charge in [-0.15, -0.1) is 11.3 Å². The number of aliphatic imine (C=N–C) groups is 1. The Morgan fingerprint density at radius 1 is 1.60 bits per heavy atom. The molecule has 2 heterocycles. The van der Waals surface area contributed by atoms with Crippen LogP contribution in [0.4, 0.5) is 0 Å². The molecule has 0 bridgehead atoms. The Hall–Kier alpha value is -1.38. The summed E-state index contributed by atoms with van der Waals surface area (Å²) in [6.07, 6.45) is 3.17. The lowest BCUT2D eigenvalue weighted by Crippen LogP contribution is -2.17. The monoisotopic (exact) mass is 380 g/mol. The fourth-order valence-electron chi connectivity index (χ4n) is 3.14. The van der Waals surface area contributed by atoms with Crippen LogP contribution in [0, 0.1) is 5.92 Å². The Morgan fingerprint density at radius 3 is 3.16 bits per heavy atom. The minimum absolute atomic E-state index is 0.0120. The zero-order valence-electron chi connectivity index (χ0n) is 14.8. The van der Waals surface area contributed by atoms with Gasteiger partial charge in [0.2, 0.25) is 0 Å². The first-order valence-electron chi connectivity index (χ1n) is 8.46. The highest BCUT2D eigenvalue weighted by atomic mass is 32.2. The lowest BCUT2D eigenvalue weighted by atomic mass is 9.89. The van der Waals surface area contributed by atoms with Crippen LogP contribution in [-0.4, -0.2) is 34.9 Å². The van der Waals surface area contributed by atoms with Crippen LogP contribution in [0.15, 0.2) is 9.79 Å². The van der Waals surface area contributed by atoms with Gasteiger partial charge in [-0.2, -0.15) is 0 Å². The molecule has 2 atom stereocenters. The van der Waals surface area contributed by atoms with Crippen molar-refractivity contribution in [2.24, 2.45) is 16.6 Å². The molecule has 25 heavy (non-hydrogen) atoms. The maximum absolute atomic E-state index is 12.5. The summed E-state index contributed by atoms with van der Waals surface area (Å²) in [5.41, 5.74) is 7.12. The van der Waals surface area contributed by atoms with Crippen molar-refractivity contribution in [3.8, 4) is 0 Å². The molecule has 136 valence electrons. The maximum Gasteiger partial charge on any atom is 0.259 e. The fraction of sp³-hybridized carbons (Fsp3) is 0.588. The summed E-state index contributed by atoms with van der Waals surface area (Å²) in [5, 5.41) is 1.27. The van der Waals surface area contributed by atoms with Crippen LogP contribution in [0.1, 0.15) is 36.5 Å². The first-order valence-corrected chi connectivity index (χ1v) is 10.3. The lowest BCUT2D eigenvalue weighted by molar-refractivity contribution is 0.186. The third-order valence-corrected chi connectivity index (χ3v) is 6.29. The molecule has 3 N–H and O–H groups in total. The maximum atomic E-state index is 12.5. The van der Waals surface area contributed by atoms with Gasteiger partial charge in [0.25, 0.3) is 5.56 Å². The van der Waals surface area contributed by atoms with E-state index >= 15 is 0 Å². The molecule has 6 nitrogen and oxygen atoms in total. The second-order valence-electron chi connectivity index (χ2n) is 6.60. The number of nitrogens with one attached hydrogen (secondary N) is 1. The number of nitrogens with two attached hydrogens (primary N) is 1. The molecule has 0 amide bonds. The molecule has 0 radical (unpaired) electrons. The first kappa shape index (κ1) is 18.4. The number of methoxy groups -OCH3 is 1. The minimum Gasteiger partial charge on any atom is -0.382 e. The molecule has 0 fully saturated rings. The van der Waals surface area contributed by atoms with E-state index in [1.165, 1.54) is 22.2 Å². The number of thiophene rings is 1. The third kappa shape index (κ3) is 4.24. The molecule has 8 heteroatoms. The van der Waals surface area contributed by atoms with Gasteiger partial charge in [-0.05, 0) is 37.7 Å². The number of aryl methyl sites for hydroxylation is 1. The van der Waals surface area contributed by atoms with Crippen molar-refractivity contribution in [3.63, 3.8) is 0 Å². The zero-order valence-corrected chi connectivity index (χ0v) is 16.4.